The van der Waals surface area contributed by atoms with Crippen molar-refractivity contribution in [3.8, 4) is 0 Å². The Hall–Kier alpha value is -0.230. The molecule has 2 aromatic rings. The Kier molecular flexibility index (Phi) is 2.51. The standard InChI is InChI=1S/C9H4BrFIN/c10-7-1-2-8(11)6-3-5(12)4-13-9(6)7/h1-4H. The fourth-order valence-electron chi connectivity index (χ4n) is 1.13. The summed E-state index contributed by atoms with van der Waals surface area (Å²) in [6, 6.07) is 4.88. The van der Waals surface area contributed by atoms with E-state index >= 15 is 0 Å². The lowest BCUT2D eigenvalue weighted by Crippen LogP contribution is -1.85. The van der Waals surface area contributed by atoms with Crippen LogP contribution >= 0.6 is 38.5 Å². The van der Waals surface area contributed by atoms with E-state index in [1.807, 2.05) is 0 Å². The molecule has 0 atom stereocenters. The molecule has 0 aliphatic rings. The molecule has 0 saturated carbocycles. The van der Waals surface area contributed by atoms with Gasteiger partial charge in [-0.15, -0.1) is 0 Å². The summed E-state index contributed by atoms with van der Waals surface area (Å²) in [5.74, 6) is -0.232. The molecule has 13 heavy (non-hydrogen) atoms. The third kappa shape index (κ3) is 1.69. The van der Waals surface area contributed by atoms with Gasteiger partial charge in [0.15, 0.2) is 0 Å². The maximum absolute atomic E-state index is 13.3. The van der Waals surface area contributed by atoms with Crippen molar-refractivity contribution in [2.45, 2.75) is 0 Å². The van der Waals surface area contributed by atoms with Crippen LogP contribution in [0.5, 0.6) is 0 Å². The van der Waals surface area contributed by atoms with Crippen LogP contribution in [-0.4, -0.2) is 4.98 Å². The highest BCUT2D eigenvalue weighted by atomic mass is 127. The van der Waals surface area contributed by atoms with Gasteiger partial charge in [-0.25, -0.2) is 4.39 Å². The molecular formula is C9H4BrFIN. The first-order valence-electron chi connectivity index (χ1n) is 3.58. The average molecular weight is 352 g/mol. The minimum Gasteiger partial charge on any atom is -0.254 e. The van der Waals surface area contributed by atoms with E-state index in [0.717, 1.165) is 8.04 Å². The minimum absolute atomic E-state index is 0.232. The Balaban J connectivity index is 2.92. The number of rotatable bonds is 0. The van der Waals surface area contributed by atoms with Gasteiger partial charge >= 0.3 is 0 Å². The molecule has 4 heteroatoms. The van der Waals surface area contributed by atoms with Crippen molar-refractivity contribution in [2.75, 3.05) is 0 Å². The van der Waals surface area contributed by atoms with E-state index in [1.54, 1.807) is 18.3 Å². The fraction of sp³-hybridized carbons (Fsp3) is 0. The van der Waals surface area contributed by atoms with Crippen LogP contribution in [-0.2, 0) is 0 Å². The van der Waals surface area contributed by atoms with Crippen LogP contribution in [0.15, 0.2) is 28.9 Å². The second kappa shape index (κ2) is 3.49. The van der Waals surface area contributed by atoms with E-state index in [9.17, 15) is 4.39 Å². The zero-order chi connectivity index (χ0) is 9.42. The Bertz CT molecular complexity index is 472. The van der Waals surface area contributed by atoms with Crippen LogP contribution in [0, 0.1) is 9.39 Å². The molecule has 1 heterocycles. The van der Waals surface area contributed by atoms with E-state index in [0.29, 0.717) is 10.9 Å². The molecule has 1 aromatic heterocycles. The highest BCUT2D eigenvalue weighted by Crippen LogP contribution is 2.25. The Morgan fingerprint density at radius 3 is 2.92 bits per heavy atom. The third-order valence-electron chi connectivity index (χ3n) is 1.71. The van der Waals surface area contributed by atoms with Gasteiger partial charge in [-0.05, 0) is 56.7 Å². The molecular weight excluding hydrogens is 348 g/mol. The monoisotopic (exact) mass is 351 g/mol. The quantitative estimate of drug-likeness (QED) is 0.659. The molecule has 0 aliphatic carbocycles. The summed E-state index contributed by atoms with van der Waals surface area (Å²) in [7, 11) is 0. The lowest BCUT2D eigenvalue weighted by atomic mass is 10.2. The fourth-order valence-corrected chi connectivity index (χ4v) is 2.03. The summed E-state index contributed by atoms with van der Waals surface area (Å²) in [5.41, 5.74) is 0.667. The number of halogens is 3. The Morgan fingerprint density at radius 1 is 1.38 bits per heavy atom. The summed E-state index contributed by atoms with van der Waals surface area (Å²) >= 11 is 5.44. The van der Waals surface area contributed by atoms with Crippen molar-refractivity contribution < 1.29 is 4.39 Å². The zero-order valence-corrected chi connectivity index (χ0v) is 10.1. The highest BCUT2D eigenvalue weighted by molar-refractivity contribution is 14.1. The van der Waals surface area contributed by atoms with Crippen LogP contribution in [0.1, 0.15) is 0 Å². The van der Waals surface area contributed by atoms with Crippen LogP contribution in [0.25, 0.3) is 10.9 Å². The number of nitrogens with zero attached hydrogens (tertiary/aromatic N) is 1. The molecule has 0 amide bonds. The highest BCUT2D eigenvalue weighted by Gasteiger charge is 2.05. The second-order valence-electron chi connectivity index (χ2n) is 2.58. The topological polar surface area (TPSA) is 12.9 Å². The van der Waals surface area contributed by atoms with Gasteiger partial charge in [-0.3, -0.25) is 4.98 Å². The number of pyridine rings is 1. The van der Waals surface area contributed by atoms with Crippen molar-refractivity contribution in [2.24, 2.45) is 0 Å². The summed E-state index contributed by atoms with van der Waals surface area (Å²) in [5, 5.41) is 0.557. The van der Waals surface area contributed by atoms with E-state index in [4.69, 9.17) is 0 Å². The molecule has 0 aliphatic heterocycles. The third-order valence-corrected chi connectivity index (χ3v) is 2.94. The smallest absolute Gasteiger partial charge is 0.132 e. The van der Waals surface area contributed by atoms with Gasteiger partial charge in [-0.2, -0.15) is 0 Å². The Labute approximate surface area is 96.6 Å². The van der Waals surface area contributed by atoms with Crippen molar-refractivity contribution in [3.05, 3.63) is 38.3 Å². The lowest BCUT2D eigenvalue weighted by molar-refractivity contribution is 0.639. The van der Waals surface area contributed by atoms with Crippen LogP contribution in [0.4, 0.5) is 4.39 Å². The Morgan fingerprint density at radius 2 is 2.15 bits per heavy atom. The number of aromatic nitrogens is 1. The van der Waals surface area contributed by atoms with Gasteiger partial charge in [0.25, 0.3) is 0 Å². The first kappa shape index (κ1) is 9.33. The SMILES string of the molecule is Fc1ccc(Br)c2ncc(I)cc12. The molecule has 0 N–H and O–H groups in total. The maximum atomic E-state index is 13.3. The molecule has 1 aromatic carbocycles. The van der Waals surface area contributed by atoms with Crippen molar-refractivity contribution in [1.29, 1.82) is 0 Å². The van der Waals surface area contributed by atoms with Crippen LogP contribution < -0.4 is 0 Å². The lowest BCUT2D eigenvalue weighted by Gasteiger charge is -2.01. The van der Waals surface area contributed by atoms with E-state index in [-0.39, 0.29) is 5.82 Å². The van der Waals surface area contributed by atoms with Gasteiger partial charge in [0.2, 0.25) is 0 Å². The van der Waals surface area contributed by atoms with E-state index < -0.39 is 0 Å². The largest absolute Gasteiger partial charge is 0.254 e. The minimum atomic E-state index is -0.232. The summed E-state index contributed by atoms with van der Waals surface area (Å²) < 4.78 is 15.0. The predicted molar refractivity (Wildman–Crippen MR) is 62.1 cm³/mol. The second-order valence-corrected chi connectivity index (χ2v) is 4.68. The van der Waals surface area contributed by atoms with Crippen molar-refractivity contribution in [1.82, 2.24) is 4.98 Å². The van der Waals surface area contributed by atoms with Gasteiger partial charge in [-0.1, -0.05) is 0 Å². The number of benzene rings is 1. The molecule has 0 saturated heterocycles. The van der Waals surface area contributed by atoms with E-state index in [1.165, 1.54) is 6.07 Å². The summed E-state index contributed by atoms with van der Waals surface area (Å²) in [6.07, 6.45) is 1.72. The van der Waals surface area contributed by atoms with Crippen molar-refractivity contribution >= 4 is 49.4 Å². The average Bonchev–Trinajstić information content (AvgIpc) is 2.12. The molecule has 0 fully saturated rings. The zero-order valence-electron chi connectivity index (χ0n) is 6.39. The van der Waals surface area contributed by atoms with Crippen LogP contribution in [0.3, 0.4) is 0 Å². The van der Waals surface area contributed by atoms with Crippen molar-refractivity contribution in [3.63, 3.8) is 0 Å². The normalized spacial score (nSPS) is 10.7. The van der Waals surface area contributed by atoms with Gasteiger partial charge < -0.3 is 0 Å². The number of fused-ring (bicyclic) bond motifs is 1. The number of hydrogen-bond acceptors (Lipinski definition) is 1. The first-order valence-corrected chi connectivity index (χ1v) is 5.45. The number of hydrogen-bond donors (Lipinski definition) is 0. The summed E-state index contributed by atoms with van der Waals surface area (Å²) in [4.78, 5) is 4.15. The van der Waals surface area contributed by atoms with Gasteiger partial charge in [0.05, 0.1) is 5.52 Å². The van der Waals surface area contributed by atoms with Gasteiger partial charge in [0.1, 0.15) is 5.82 Å². The molecule has 1 nitrogen and oxygen atoms in total. The molecule has 0 spiro atoms. The van der Waals surface area contributed by atoms with Gasteiger partial charge in [0, 0.05) is 19.6 Å². The maximum Gasteiger partial charge on any atom is 0.132 e. The predicted octanol–water partition coefficient (Wildman–Crippen LogP) is 3.74. The molecule has 2 rings (SSSR count). The molecule has 0 unspecified atom stereocenters. The molecule has 0 bridgehead atoms. The first-order chi connectivity index (χ1) is 6.18. The summed E-state index contributed by atoms with van der Waals surface area (Å²) in [6.45, 7) is 0. The molecule has 0 radical (unpaired) electrons. The molecule has 66 valence electrons. The van der Waals surface area contributed by atoms with Crippen LogP contribution in [0.2, 0.25) is 0 Å². The van der Waals surface area contributed by atoms with E-state index in [2.05, 4.69) is 43.5 Å².